The van der Waals surface area contributed by atoms with Gasteiger partial charge in [0.2, 0.25) is 0 Å². The third-order valence-electron chi connectivity index (χ3n) is 4.03. The Hall–Kier alpha value is -2.39. The molecule has 1 aliphatic heterocycles. The van der Waals surface area contributed by atoms with Crippen LogP contribution < -0.4 is 4.74 Å². The molecule has 4 rings (SSSR count). The molecule has 0 spiro atoms. The molecule has 2 unspecified atom stereocenters. The molecular formula is C18H15NO2. The van der Waals surface area contributed by atoms with E-state index in [2.05, 4.69) is 11.1 Å². The van der Waals surface area contributed by atoms with Crippen LogP contribution in [-0.4, -0.2) is 10.1 Å². The average Bonchev–Trinajstić information content (AvgIpc) is 2.54. The minimum atomic E-state index is -0.501. The lowest BCUT2D eigenvalue weighted by molar-refractivity contribution is 0.0663. The van der Waals surface area contributed by atoms with E-state index in [9.17, 15) is 5.11 Å². The van der Waals surface area contributed by atoms with Crippen LogP contribution in [0.3, 0.4) is 0 Å². The molecule has 104 valence electrons. The minimum absolute atomic E-state index is 0.173. The van der Waals surface area contributed by atoms with E-state index >= 15 is 0 Å². The van der Waals surface area contributed by atoms with Crippen molar-refractivity contribution in [1.29, 1.82) is 0 Å². The highest BCUT2D eigenvalue weighted by Crippen LogP contribution is 2.41. The summed E-state index contributed by atoms with van der Waals surface area (Å²) in [6.45, 7) is 0. The fourth-order valence-electron chi connectivity index (χ4n) is 2.98. The number of aromatic nitrogens is 1. The maximum atomic E-state index is 10.4. The molecule has 1 aliphatic rings. The predicted octanol–water partition coefficient (Wildman–Crippen LogP) is 3.79. The molecule has 2 atom stereocenters. The van der Waals surface area contributed by atoms with Crippen LogP contribution in [0.5, 0.6) is 5.75 Å². The van der Waals surface area contributed by atoms with Gasteiger partial charge in [0, 0.05) is 35.3 Å². The standard InChI is InChI=1S/C18H15NO2/c20-16-9-18(21-17-8-4-3-7-14(16)17)15-11-19-10-12-5-1-2-6-13(12)15/h1-8,10-11,16,18,20H,9H2. The van der Waals surface area contributed by atoms with Gasteiger partial charge in [0.15, 0.2) is 0 Å². The number of para-hydroxylation sites is 1. The Morgan fingerprint density at radius 3 is 2.71 bits per heavy atom. The second kappa shape index (κ2) is 4.86. The topological polar surface area (TPSA) is 42.4 Å². The lowest BCUT2D eigenvalue weighted by atomic mass is 9.93. The molecule has 1 aromatic heterocycles. The van der Waals surface area contributed by atoms with Crippen molar-refractivity contribution >= 4 is 10.8 Å². The molecule has 0 amide bonds. The third-order valence-corrected chi connectivity index (χ3v) is 4.03. The first-order chi connectivity index (χ1) is 10.3. The Labute approximate surface area is 122 Å². The van der Waals surface area contributed by atoms with E-state index in [1.54, 1.807) is 0 Å². The number of hydrogen-bond donors (Lipinski definition) is 1. The molecule has 0 fully saturated rings. The van der Waals surface area contributed by atoms with Crippen molar-refractivity contribution in [3.05, 3.63) is 72.1 Å². The number of aliphatic hydroxyl groups is 1. The smallest absolute Gasteiger partial charge is 0.129 e. The Morgan fingerprint density at radius 2 is 1.76 bits per heavy atom. The van der Waals surface area contributed by atoms with E-state index < -0.39 is 6.10 Å². The molecule has 0 aliphatic carbocycles. The average molecular weight is 277 g/mol. The number of rotatable bonds is 1. The van der Waals surface area contributed by atoms with Gasteiger partial charge < -0.3 is 9.84 Å². The van der Waals surface area contributed by atoms with Gasteiger partial charge in [0.05, 0.1) is 6.10 Å². The number of nitrogens with zero attached hydrogens (tertiary/aromatic N) is 1. The fraction of sp³-hybridized carbons (Fsp3) is 0.167. The summed E-state index contributed by atoms with van der Waals surface area (Å²) in [5.74, 6) is 0.759. The Bertz CT molecular complexity index is 795. The minimum Gasteiger partial charge on any atom is -0.485 e. The quantitative estimate of drug-likeness (QED) is 0.735. The lowest BCUT2D eigenvalue weighted by Gasteiger charge is -2.30. The van der Waals surface area contributed by atoms with Gasteiger partial charge in [-0.15, -0.1) is 0 Å². The van der Waals surface area contributed by atoms with E-state index in [4.69, 9.17) is 4.74 Å². The predicted molar refractivity (Wildman–Crippen MR) is 81.1 cm³/mol. The largest absolute Gasteiger partial charge is 0.485 e. The number of aliphatic hydroxyl groups excluding tert-OH is 1. The summed E-state index contributed by atoms with van der Waals surface area (Å²) in [4.78, 5) is 4.31. The second-order valence-corrected chi connectivity index (χ2v) is 5.35. The number of hydrogen-bond acceptors (Lipinski definition) is 3. The third kappa shape index (κ3) is 2.06. The lowest BCUT2D eigenvalue weighted by Crippen LogP contribution is -2.19. The number of benzene rings is 2. The molecule has 21 heavy (non-hydrogen) atoms. The first-order valence-electron chi connectivity index (χ1n) is 7.09. The van der Waals surface area contributed by atoms with Crippen LogP contribution in [0.2, 0.25) is 0 Å². The molecule has 3 aromatic rings. The first kappa shape index (κ1) is 12.4. The van der Waals surface area contributed by atoms with Gasteiger partial charge in [-0.05, 0) is 11.5 Å². The van der Waals surface area contributed by atoms with Crippen molar-refractivity contribution in [2.45, 2.75) is 18.6 Å². The normalized spacial score (nSPS) is 20.8. The molecule has 1 N–H and O–H groups in total. The van der Waals surface area contributed by atoms with Crippen molar-refractivity contribution in [3.63, 3.8) is 0 Å². The van der Waals surface area contributed by atoms with Gasteiger partial charge in [0.1, 0.15) is 11.9 Å². The summed E-state index contributed by atoms with van der Waals surface area (Å²) in [5.41, 5.74) is 1.89. The van der Waals surface area contributed by atoms with Gasteiger partial charge >= 0.3 is 0 Å². The van der Waals surface area contributed by atoms with E-state index in [1.807, 2.05) is 54.9 Å². The highest BCUT2D eigenvalue weighted by atomic mass is 16.5. The molecule has 3 nitrogen and oxygen atoms in total. The summed E-state index contributed by atoms with van der Waals surface area (Å²) < 4.78 is 6.10. The maximum absolute atomic E-state index is 10.4. The van der Waals surface area contributed by atoms with Crippen LogP contribution in [0.25, 0.3) is 10.8 Å². The van der Waals surface area contributed by atoms with Crippen molar-refractivity contribution in [1.82, 2.24) is 4.98 Å². The highest BCUT2D eigenvalue weighted by molar-refractivity contribution is 5.85. The number of fused-ring (bicyclic) bond motifs is 2. The molecule has 2 heterocycles. The summed E-state index contributed by atoms with van der Waals surface area (Å²) in [7, 11) is 0. The summed E-state index contributed by atoms with van der Waals surface area (Å²) >= 11 is 0. The molecular weight excluding hydrogens is 262 g/mol. The van der Waals surface area contributed by atoms with E-state index in [0.717, 1.165) is 27.6 Å². The van der Waals surface area contributed by atoms with Gasteiger partial charge in [-0.1, -0.05) is 42.5 Å². The van der Waals surface area contributed by atoms with Crippen LogP contribution in [0.15, 0.2) is 60.9 Å². The Balaban J connectivity index is 1.81. The van der Waals surface area contributed by atoms with E-state index in [0.29, 0.717) is 6.42 Å². The van der Waals surface area contributed by atoms with Crippen LogP contribution in [-0.2, 0) is 0 Å². The first-order valence-corrected chi connectivity index (χ1v) is 7.09. The second-order valence-electron chi connectivity index (χ2n) is 5.35. The summed E-state index contributed by atoms with van der Waals surface area (Å²) in [5, 5.41) is 12.6. The summed E-state index contributed by atoms with van der Waals surface area (Å²) in [6.07, 6.45) is 3.57. The monoisotopic (exact) mass is 277 g/mol. The molecule has 0 bridgehead atoms. The van der Waals surface area contributed by atoms with Gasteiger partial charge in [0.25, 0.3) is 0 Å². The van der Waals surface area contributed by atoms with E-state index in [-0.39, 0.29) is 6.10 Å². The maximum Gasteiger partial charge on any atom is 0.129 e. The highest BCUT2D eigenvalue weighted by Gasteiger charge is 2.28. The van der Waals surface area contributed by atoms with Crippen molar-refractivity contribution < 1.29 is 9.84 Å². The van der Waals surface area contributed by atoms with Crippen molar-refractivity contribution in [3.8, 4) is 5.75 Å². The van der Waals surface area contributed by atoms with Gasteiger partial charge in [-0.3, -0.25) is 4.98 Å². The molecule has 3 heteroatoms. The van der Waals surface area contributed by atoms with E-state index in [1.165, 1.54) is 0 Å². The Morgan fingerprint density at radius 1 is 0.952 bits per heavy atom. The van der Waals surface area contributed by atoms with Crippen molar-refractivity contribution in [2.24, 2.45) is 0 Å². The zero-order chi connectivity index (χ0) is 14.2. The van der Waals surface area contributed by atoms with Crippen molar-refractivity contribution in [2.75, 3.05) is 0 Å². The van der Waals surface area contributed by atoms with Crippen LogP contribution in [0, 0.1) is 0 Å². The Kier molecular flexibility index (Phi) is 2.86. The summed E-state index contributed by atoms with van der Waals surface area (Å²) in [6, 6.07) is 15.8. The molecule has 2 aromatic carbocycles. The van der Waals surface area contributed by atoms with Crippen LogP contribution in [0.4, 0.5) is 0 Å². The number of pyridine rings is 1. The molecule has 0 radical (unpaired) electrons. The van der Waals surface area contributed by atoms with Gasteiger partial charge in [-0.25, -0.2) is 0 Å². The molecule has 0 saturated heterocycles. The van der Waals surface area contributed by atoms with Crippen LogP contribution >= 0.6 is 0 Å². The van der Waals surface area contributed by atoms with Gasteiger partial charge in [-0.2, -0.15) is 0 Å². The zero-order valence-corrected chi connectivity index (χ0v) is 11.4. The fourth-order valence-corrected chi connectivity index (χ4v) is 2.98. The number of ether oxygens (including phenoxy) is 1. The SMILES string of the molecule is OC1CC(c2cncc3ccccc23)Oc2ccccc21. The zero-order valence-electron chi connectivity index (χ0n) is 11.4. The van der Waals surface area contributed by atoms with Crippen LogP contribution in [0.1, 0.15) is 29.8 Å². The molecule has 0 saturated carbocycles.